The molecule has 3 N–H and O–H groups in total. The van der Waals surface area contributed by atoms with E-state index in [-0.39, 0.29) is 17.6 Å². The summed E-state index contributed by atoms with van der Waals surface area (Å²) in [7, 11) is 0. The maximum Gasteiger partial charge on any atom is 0.217 e. The third kappa shape index (κ3) is 5.54. The van der Waals surface area contributed by atoms with Gasteiger partial charge in [-0.1, -0.05) is 12.1 Å². The summed E-state index contributed by atoms with van der Waals surface area (Å²) in [4.78, 5) is 17.9. The maximum absolute atomic E-state index is 13.2. The van der Waals surface area contributed by atoms with Gasteiger partial charge in [0.1, 0.15) is 5.82 Å². The second-order valence-electron chi connectivity index (χ2n) is 5.92. The summed E-state index contributed by atoms with van der Waals surface area (Å²) >= 11 is 0. The Balaban J connectivity index is 2.04. The molecule has 1 saturated heterocycles. The van der Waals surface area contributed by atoms with Crippen LogP contribution >= 0.6 is 0 Å². The third-order valence-corrected chi connectivity index (χ3v) is 3.94. The van der Waals surface area contributed by atoms with Crippen LogP contribution < -0.4 is 11.1 Å². The van der Waals surface area contributed by atoms with Crippen molar-refractivity contribution in [2.45, 2.75) is 32.7 Å². The molecule has 0 radical (unpaired) electrons. The molecule has 1 aromatic rings. The number of piperidine rings is 1. The number of nitrogens with two attached hydrogens (primary N) is 1. The number of rotatable bonds is 5. The van der Waals surface area contributed by atoms with Crippen LogP contribution in [0.2, 0.25) is 0 Å². The van der Waals surface area contributed by atoms with Crippen molar-refractivity contribution < 1.29 is 9.18 Å². The zero-order valence-corrected chi connectivity index (χ0v) is 13.6. The van der Waals surface area contributed by atoms with Crippen molar-refractivity contribution >= 4 is 11.9 Å². The van der Waals surface area contributed by atoms with Crippen LogP contribution in [0.5, 0.6) is 0 Å². The average molecular weight is 320 g/mol. The second-order valence-corrected chi connectivity index (χ2v) is 5.92. The molecule has 2 rings (SSSR count). The van der Waals surface area contributed by atoms with Gasteiger partial charge in [-0.2, -0.15) is 0 Å². The minimum absolute atomic E-state index is 0.248. The number of benzene rings is 1. The summed E-state index contributed by atoms with van der Waals surface area (Å²) in [5.41, 5.74) is 6.15. The normalized spacial score (nSPS) is 18.8. The molecule has 1 aliphatic rings. The van der Waals surface area contributed by atoms with Gasteiger partial charge in [0, 0.05) is 26.1 Å². The van der Waals surface area contributed by atoms with E-state index in [9.17, 15) is 9.18 Å². The Kier molecular flexibility index (Phi) is 6.38. The van der Waals surface area contributed by atoms with E-state index >= 15 is 0 Å². The van der Waals surface area contributed by atoms with E-state index in [2.05, 4.69) is 15.2 Å². The summed E-state index contributed by atoms with van der Waals surface area (Å²) in [6.45, 7) is 4.89. The molecule has 0 aromatic heterocycles. The molecule has 1 unspecified atom stereocenters. The number of hydrogen-bond acceptors (Lipinski definition) is 2. The average Bonchev–Trinajstić information content (AvgIpc) is 2.51. The number of nitrogens with zero attached hydrogens (tertiary/aromatic N) is 2. The highest BCUT2D eigenvalue weighted by Crippen LogP contribution is 2.19. The zero-order valence-electron chi connectivity index (χ0n) is 13.6. The Morgan fingerprint density at radius 3 is 3.04 bits per heavy atom. The van der Waals surface area contributed by atoms with E-state index < -0.39 is 0 Å². The van der Waals surface area contributed by atoms with Crippen molar-refractivity contribution in [3.8, 4) is 0 Å². The Labute approximate surface area is 136 Å². The SMILES string of the molecule is CCNC(=NCc1cccc(F)c1)N1CCCC(CC(N)=O)C1. The lowest BCUT2D eigenvalue weighted by Crippen LogP contribution is -2.47. The quantitative estimate of drug-likeness (QED) is 0.643. The van der Waals surface area contributed by atoms with Crippen LogP contribution in [0.4, 0.5) is 4.39 Å². The fraction of sp³-hybridized carbons (Fsp3) is 0.529. The van der Waals surface area contributed by atoms with E-state index in [1.807, 2.05) is 13.0 Å². The molecule has 1 aliphatic heterocycles. The van der Waals surface area contributed by atoms with Gasteiger partial charge >= 0.3 is 0 Å². The van der Waals surface area contributed by atoms with Crippen molar-refractivity contribution in [1.29, 1.82) is 0 Å². The molecule has 126 valence electrons. The van der Waals surface area contributed by atoms with E-state index in [1.165, 1.54) is 12.1 Å². The second kappa shape index (κ2) is 8.50. The van der Waals surface area contributed by atoms with Gasteiger partial charge in [0.2, 0.25) is 5.91 Å². The lowest BCUT2D eigenvalue weighted by atomic mass is 9.95. The Hall–Kier alpha value is -2.11. The summed E-state index contributed by atoms with van der Waals surface area (Å²) in [6, 6.07) is 6.48. The van der Waals surface area contributed by atoms with Crippen LogP contribution in [-0.2, 0) is 11.3 Å². The van der Waals surface area contributed by atoms with Gasteiger partial charge in [0.15, 0.2) is 5.96 Å². The smallest absolute Gasteiger partial charge is 0.217 e. The van der Waals surface area contributed by atoms with Crippen molar-refractivity contribution in [3.63, 3.8) is 0 Å². The number of hydrogen-bond donors (Lipinski definition) is 2. The first-order valence-corrected chi connectivity index (χ1v) is 8.14. The lowest BCUT2D eigenvalue weighted by Gasteiger charge is -2.34. The minimum Gasteiger partial charge on any atom is -0.370 e. The van der Waals surface area contributed by atoms with Crippen LogP contribution in [0.15, 0.2) is 29.3 Å². The maximum atomic E-state index is 13.2. The topological polar surface area (TPSA) is 70.7 Å². The number of aliphatic imine (C=N–C) groups is 1. The van der Waals surface area contributed by atoms with Crippen molar-refractivity contribution in [1.82, 2.24) is 10.2 Å². The van der Waals surface area contributed by atoms with E-state index in [4.69, 9.17) is 5.73 Å². The molecule has 1 amide bonds. The summed E-state index contributed by atoms with van der Waals surface area (Å²) in [6.07, 6.45) is 2.45. The summed E-state index contributed by atoms with van der Waals surface area (Å²) < 4.78 is 13.2. The fourth-order valence-electron chi connectivity index (χ4n) is 2.94. The number of carbonyl (C=O) groups excluding carboxylic acids is 1. The molecule has 1 fully saturated rings. The molecule has 1 aromatic carbocycles. The number of likely N-dealkylation sites (tertiary alicyclic amines) is 1. The van der Waals surface area contributed by atoms with Gasteiger partial charge in [-0.25, -0.2) is 9.38 Å². The molecule has 1 heterocycles. The Morgan fingerprint density at radius 1 is 1.52 bits per heavy atom. The van der Waals surface area contributed by atoms with Gasteiger partial charge in [0.05, 0.1) is 6.54 Å². The molecular formula is C17H25FN4O. The molecule has 0 bridgehead atoms. The lowest BCUT2D eigenvalue weighted by molar-refractivity contribution is -0.119. The van der Waals surface area contributed by atoms with Crippen LogP contribution in [0, 0.1) is 11.7 Å². The van der Waals surface area contributed by atoms with Crippen LogP contribution in [0.25, 0.3) is 0 Å². The number of guanidine groups is 1. The predicted molar refractivity (Wildman–Crippen MR) is 89.3 cm³/mol. The van der Waals surface area contributed by atoms with Gasteiger partial charge in [-0.15, -0.1) is 0 Å². The number of amides is 1. The minimum atomic E-state index is -0.251. The molecule has 0 saturated carbocycles. The summed E-state index contributed by atoms with van der Waals surface area (Å²) in [5, 5.41) is 3.28. The molecule has 6 heteroatoms. The first kappa shape index (κ1) is 17.2. The number of nitrogens with one attached hydrogen (secondary N) is 1. The van der Waals surface area contributed by atoms with Crippen molar-refractivity contribution in [2.24, 2.45) is 16.6 Å². The number of halogens is 1. The highest BCUT2D eigenvalue weighted by Gasteiger charge is 2.23. The highest BCUT2D eigenvalue weighted by atomic mass is 19.1. The van der Waals surface area contributed by atoms with Crippen LogP contribution in [-0.4, -0.2) is 36.4 Å². The van der Waals surface area contributed by atoms with E-state index in [0.29, 0.717) is 13.0 Å². The van der Waals surface area contributed by atoms with Gasteiger partial charge in [0.25, 0.3) is 0 Å². The van der Waals surface area contributed by atoms with Gasteiger partial charge < -0.3 is 16.0 Å². The zero-order chi connectivity index (χ0) is 16.7. The van der Waals surface area contributed by atoms with Crippen LogP contribution in [0.3, 0.4) is 0 Å². The first-order chi connectivity index (χ1) is 11.1. The van der Waals surface area contributed by atoms with Gasteiger partial charge in [-0.3, -0.25) is 4.79 Å². The monoisotopic (exact) mass is 320 g/mol. The molecular weight excluding hydrogens is 295 g/mol. The first-order valence-electron chi connectivity index (χ1n) is 8.14. The number of primary amides is 1. The van der Waals surface area contributed by atoms with Crippen molar-refractivity contribution in [3.05, 3.63) is 35.6 Å². The third-order valence-electron chi connectivity index (χ3n) is 3.94. The molecule has 23 heavy (non-hydrogen) atoms. The molecule has 1 atom stereocenters. The summed E-state index contributed by atoms with van der Waals surface area (Å²) in [5.74, 6) is 0.589. The van der Waals surface area contributed by atoms with E-state index in [0.717, 1.165) is 44.0 Å². The standard InChI is InChI=1S/C17H25FN4O/c1-2-20-17(21-11-13-5-3-7-15(18)9-13)22-8-4-6-14(12-22)10-16(19)23/h3,5,7,9,14H,2,4,6,8,10-12H2,1H3,(H2,19,23)(H,20,21). The fourth-order valence-corrected chi connectivity index (χ4v) is 2.94. The van der Waals surface area contributed by atoms with Crippen LogP contribution in [0.1, 0.15) is 31.7 Å². The Morgan fingerprint density at radius 2 is 2.35 bits per heavy atom. The highest BCUT2D eigenvalue weighted by molar-refractivity contribution is 5.80. The Bertz CT molecular complexity index is 561. The number of carbonyl (C=O) groups is 1. The molecule has 0 spiro atoms. The molecule has 0 aliphatic carbocycles. The van der Waals surface area contributed by atoms with E-state index in [1.54, 1.807) is 6.07 Å². The predicted octanol–water partition coefficient (Wildman–Crippen LogP) is 1.88. The van der Waals surface area contributed by atoms with Gasteiger partial charge in [-0.05, 0) is 43.4 Å². The van der Waals surface area contributed by atoms with Crippen molar-refractivity contribution in [2.75, 3.05) is 19.6 Å². The largest absolute Gasteiger partial charge is 0.370 e. The molecule has 5 nitrogen and oxygen atoms in total.